The number of nitrogens with zero attached hydrogens (tertiary/aromatic N) is 3. The van der Waals surface area contributed by atoms with Crippen LogP contribution in [0.4, 0.5) is 5.82 Å². The van der Waals surface area contributed by atoms with Gasteiger partial charge in [0, 0.05) is 5.39 Å². The predicted octanol–water partition coefficient (Wildman–Crippen LogP) is 2.07. The minimum atomic E-state index is 0. The molecule has 1 aromatic carbocycles. The molecule has 1 fully saturated rings. The molecule has 120 valence electrons. The van der Waals surface area contributed by atoms with Crippen LogP contribution in [0.3, 0.4) is 0 Å². The molecule has 22 heavy (non-hydrogen) atoms. The van der Waals surface area contributed by atoms with Gasteiger partial charge in [0.05, 0.1) is 12.1 Å². The van der Waals surface area contributed by atoms with Crippen LogP contribution in [0.25, 0.3) is 10.9 Å². The Balaban J connectivity index is 0.00000176. The summed E-state index contributed by atoms with van der Waals surface area (Å²) in [4.78, 5) is 11.5. The van der Waals surface area contributed by atoms with Gasteiger partial charge in [0.1, 0.15) is 11.6 Å². The second-order valence-electron chi connectivity index (χ2n) is 5.82. The average molecular weight is 322 g/mol. The standard InChI is InChI=1S/C16H23N5.ClH/c1-18-10-12-6-8-21(9-7-12)11-15-19-14-5-3-2-4-13(14)16(17)20-15;/h2-5,12,18H,6-11H2,1H3,(H2,17,19,20);1H. The molecule has 1 aliphatic heterocycles. The Morgan fingerprint density at radius 2 is 1.95 bits per heavy atom. The summed E-state index contributed by atoms with van der Waals surface area (Å²) in [5, 5.41) is 4.21. The summed E-state index contributed by atoms with van der Waals surface area (Å²) in [5.74, 6) is 2.22. The van der Waals surface area contributed by atoms with Crippen LogP contribution in [0.1, 0.15) is 18.7 Å². The molecule has 0 radical (unpaired) electrons. The van der Waals surface area contributed by atoms with Gasteiger partial charge < -0.3 is 11.1 Å². The Kier molecular flexibility index (Phi) is 5.94. The van der Waals surface area contributed by atoms with Gasteiger partial charge in [-0.15, -0.1) is 12.4 Å². The summed E-state index contributed by atoms with van der Waals surface area (Å²) in [7, 11) is 2.03. The molecule has 2 heterocycles. The maximum atomic E-state index is 6.05. The lowest BCUT2D eigenvalue weighted by molar-refractivity contribution is 0.173. The van der Waals surface area contributed by atoms with E-state index in [0.717, 1.165) is 48.8 Å². The molecule has 0 atom stereocenters. The third-order valence-corrected chi connectivity index (χ3v) is 4.24. The largest absolute Gasteiger partial charge is 0.383 e. The first-order chi connectivity index (χ1) is 10.3. The lowest BCUT2D eigenvalue weighted by atomic mass is 9.97. The van der Waals surface area contributed by atoms with Gasteiger partial charge >= 0.3 is 0 Å². The molecule has 6 heteroatoms. The summed E-state index contributed by atoms with van der Waals surface area (Å²) in [5.41, 5.74) is 6.98. The third-order valence-electron chi connectivity index (χ3n) is 4.24. The quantitative estimate of drug-likeness (QED) is 0.902. The van der Waals surface area contributed by atoms with Crippen molar-refractivity contribution in [2.45, 2.75) is 19.4 Å². The molecule has 0 bridgehead atoms. The number of likely N-dealkylation sites (tertiary alicyclic amines) is 1. The monoisotopic (exact) mass is 321 g/mol. The second-order valence-corrected chi connectivity index (χ2v) is 5.82. The number of piperidine rings is 1. The molecule has 1 aromatic heterocycles. The normalized spacial score (nSPS) is 16.6. The van der Waals surface area contributed by atoms with Crippen LogP contribution >= 0.6 is 12.4 Å². The van der Waals surface area contributed by atoms with E-state index in [2.05, 4.69) is 20.2 Å². The number of rotatable bonds is 4. The van der Waals surface area contributed by atoms with E-state index in [1.165, 1.54) is 12.8 Å². The van der Waals surface area contributed by atoms with Crippen molar-refractivity contribution in [1.82, 2.24) is 20.2 Å². The van der Waals surface area contributed by atoms with E-state index in [0.29, 0.717) is 5.82 Å². The van der Waals surface area contributed by atoms with Crippen LogP contribution in [0.5, 0.6) is 0 Å². The number of nitrogens with one attached hydrogen (secondary N) is 1. The van der Waals surface area contributed by atoms with Gasteiger partial charge in [-0.3, -0.25) is 4.90 Å². The molecule has 1 aliphatic rings. The summed E-state index contributed by atoms with van der Waals surface area (Å²) >= 11 is 0. The number of nitrogen functional groups attached to an aromatic ring is 1. The minimum Gasteiger partial charge on any atom is -0.383 e. The van der Waals surface area contributed by atoms with Crippen molar-refractivity contribution in [2.24, 2.45) is 5.92 Å². The summed E-state index contributed by atoms with van der Waals surface area (Å²) < 4.78 is 0. The highest BCUT2D eigenvalue weighted by molar-refractivity contribution is 5.87. The number of nitrogens with two attached hydrogens (primary N) is 1. The predicted molar refractivity (Wildman–Crippen MR) is 93.1 cm³/mol. The first-order valence-corrected chi connectivity index (χ1v) is 7.64. The summed E-state index contributed by atoms with van der Waals surface area (Å²) in [6.07, 6.45) is 2.48. The highest BCUT2D eigenvalue weighted by Gasteiger charge is 2.19. The van der Waals surface area contributed by atoms with Crippen LogP contribution in [-0.4, -0.2) is 41.5 Å². The van der Waals surface area contributed by atoms with Crippen molar-refractivity contribution in [3.63, 3.8) is 0 Å². The highest BCUT2D eigenvalue weighted by Crippen LogP contribution is 2.20. The number of anilines is 1. The molecule has 0 amide bonds. The van der Waals surface area contributed by atoms with Gasteiger partial charge in [-0.25, -0.2) is 9.97 Å². The SMILES string of the molecule is CNCC1CCN(Cc2nc(N)c3ccccc3n2)CC1.Cl. The molecule has 0 saturated carbocycles. The van der Waals surface area contributed by atoms with Crippen LogP contribution in [0.15, 0.2) is 24.3 Å². The second kappa shape index (κ2) is 7.72. The van der Waals surface area contributed by atoms with E-state index in [4.69, 9.17) is 5.73 Å². The van der Waals surface area contributed by atoms with Crippen molar-refractivity contribution in [3.05, 3.63) is 30.1 Å². The van der Waals surface area contributed by atoms with Gasteiger partial charge in [0.2, 0.25) is 0 Å². The Morgan fingerprint density at radius 1 is 1.23 bits per heavy atom. The molecular formula is C16H24ClN5. The molecule has 2 aromatic rings. The zero-order valence-corrected chi connectivity index (χ0v) is 13.8. The molecule has 3 rings (SSSR count). The number of halogens is 1. The number of aromatic nitrogens is 2. The number of hydrogen-bond acceptors (Lipinski definition) is 5. The lowest BCUT2D eigenvalue weighted by Crippen LogP contribution is -2.36. The maximum Gasteiger partial charge on any atom is 0.145 e. The van der Waals surface area contributed by atoms with Crippen LogP contribution in [0, 0.1) is 5.92 Å². The van der Waals surface area contributed by atoms with Crippen LogP contribution in [-0.2, 0) is 6.54 Å². The van der Waals surface area contributed by atoms with Crippen molar-refractivity contribution < 1.29 is 0 Å². The smallest absolute Gasteiger partial charge is 0.145 e. The van der Waals surface area contributed by atoms with Crippen LogP contribution in [0.2, 0.25) is 0 Å². The molecular weight excluding hydrogens is 298 g/mol. The van der Waals surface area contributed by atoms with E-state index >= 15 is 0 Å². The van der Waals surface area contributed by atoms with E-state index in [-0.39, 0.29) is 12.4 Å². The topological polar surface area (TPSA) is 67.1 Å². The van der Waals surface area contributed by atoms with E-state index in [9.17, 15) is 0 Å². The van der Waals surface area contributed by atoms with Gasteiger partial charge in [-0.05, 0) is 57.6 Å². The Morgan fingerprint density at radius 3 is 2.68 bits per heavy atom. The van der Waals surface area contributed by atoms with Crippen molar-refractivity contribution >= 4 is 29.1 Å². The highest BCUT2D eigenvalue weighted by atomic mass is 35.5. The molecule has 0 unspecified atom stereocenters. The molecule has 0 aliphatic carbocycles. The maximum absolute atomic E-state index is 6.05. The van der Waals surface area contributed by atoms with Gasteiger partial charge in [0.15, 0.2) is 0 Å². The Labute approximate surface area is 137 Å². The van der Waals surface area contributed by atoms with Crippen molar-refractivity contribution in [3.8, 4) is 0 Å². The first kappa shape index (κ1) is 16.9. The van der Waals surface area contributed by atoms with Crippen molar-refractivity contribution in [1.29, 1.82) is 0 Å². The average Bonchev–Trinajstić information content (AvgIpc) is 2.50. The van der Waals surface area contributed by atoms with E-state index in [1.54, 1.807) is 0 Å². The van der Waals surface area contributed by atoms with Gasteiger partial charge in [-0.2, -0.15) is 0 Å². The summed E-state index contributed by atoms with van der Waals surface area (Å²) in [6.45, 7) is 4.14. The number of benzene rings is 1. The van der Waals surface area contributed by atoms with Gasteiger partial charge in [-0.1, -0.05) is 12.1 Å². The van der Waals surface area contributed by atoms with Crippen molar-refractivity contribution in [2.75, 3.05) is 32.4 Å². The molecule has 5 nitrogen and oxygen atoms in total. The fourth-order valence-electron chi connectivity index (χ4n) is 3.06. The Bertz CT molecular complexity index is 611. The number of hydrogen-bond donors (Lipinski definition) is 2. The lowest BCUT2D eigenvalue weighted by Gasteiger charge is -2.31. The molecule has 0 spiro atoms. The third kappa shape index (κ3) is 3.85. The summed E-state index contributed by atoms with van der Waals surface area (Å²) in [6, 6.07) is 7.92. The Hall–Kier alpha value is -1.43. The van der Waals surface area contributed by atoms with Crippen LogP contribution < -0.4 is 11.1 Å². The fraction of sp³-hybridized carbons (Fsp3) is 0.500. The molecule has 1 saturated heterocycles. The fourth-order valence-corrected chi connectivity index (χ4v) is 3.06. The zero-order chi connectivity index (χ0) is 14.7. The zero-order valence-electron chi connectivity index (χ0n) is 13.0. The number of para-hydroxylation sites is 1. The minimum absolute atomic E-state index is 0. The van der Waals surface area contributed by atoms with Gasteiger partial charge in [0.25, 0.3) is 0 Å². The van der Waals surface area contributed by atoms with E-state index < -0.39 is 0 Å². The molecule has 3 N–H and O–H groups in total. The number of fused-ring (bicyclic) bond motifs is 1. The first-order valence-electron chi connectivity index (χ1n) is 7.64. The van der Waals surface area contributed by atoms with E-state index in [1.807, 2.05) is 31.3 Å².